The minimum absolute atomic E-state index is 0.0277. The third-order valence-corrected chi connectivity index (χ3v) is 4.81. The fourth-order valence-corrected chi connectivity index (χ4v) is 3.35. The SMILES string of the molecule is Cc1ccc2nc(SCC(=O)N(C)Cc3nncn3C(C)C)[nH]c2c1. The van der Waals surface area contributed by atoms with E-state index in [1.165, 1.54) is 17.3 Å². The van der Waals surface area contributed by atoms with Crippen molar-refractivity contribution in [1.29, 1.82) is 0 Å². The topological polar surface area (TPSA) is 79.7 Å². The monoisotopic (exact) mass is 358 g/mol. The van der Waals surface area contributed by atoms with E-state index in [2.05, 4.69) is 40.1 Å². The van der Waals surface area contributed by atoms with E-state index >= 15 is 0 Å². The van der Waals surface area contributed by atoms with Gasteiger partial charge in [0.1, 0.15) is 6.33 Å². The van der Waals surface area contributed by atoms with E-state index in [4.69, 9.17) is 0 Å². The van der Waals surface area contributed by atoms with Crippen LogP contribution in [0.2, 0.25) is 0 Å². The molecule has 8 heteroatoms. The Morgan fingerprint density at radius 1 is 1.40 bits per heavy atom. The van der Waals surface area contributed by atoms with Crippen molar-refractivity contribution in [2.75, 3.05) is 12.8 Å². The van der Waals surface area contributed by atoms with Crippen molar-refractivity contribution in [1.82, 2.24) is 29.6 Å². The van der Waals surface area contributed by atoms with Gasteiger partial charge in [0, 0.05) is 13.1 Å². The van der Waals surface area contributed by atoms with Gasteiger partial charge in [-0.2, -0.15) is 0 Å². The zero-order valence-corrected chi connectivity index (χ0v) is 15.7. The third kappa shape index (κ3) is 4.01. The molecule has 0 aliphatic heterocycles. The number of nitrogens with one attached hydrogen (secondary N) is 1. The second-order valence-electron chi connectivity index (χ2n) is 6.35. The molecule has 0 atom stereocenters. The first-order valence-electron chi connectivity index (χ1n) is 8.15. The zero-order valence-electron chi connectivity index (χ0n) is 14.9. The smallest absolute Gasteiger partial charge is 0.233 e. The summed E-state index contributed by atoms with van der Waals surface area (Å²) in [5.41, 5.74) is 3.09. The standard InChI is InChI=1S/C17H22N6OS/c1-11(2)23-10-18-21-15(23)8-22(4)16(24)9-25-17-19-13-6-5-12(3)7-14(13)20-17/h5-7,10-11H,8-9H2,1-4H3,(H,19,20). The number of fused-ring (bicyclic) bond motifs is 1. The molecule has 1 amide bonds. The normalized spacial score (nSPS) is 11.4. The Morgan fingerprint density at radius 3 is 2.96 bits per heavy atom. The van der Waals surface area contributed by atoms with Crippen LogP contribution in [0.25, 0.3) is 11.0 Å². The second-order valence-corrected chi connectivity index (χ2v) is 7.31. The molecule has 0 unspecified atom stereocenters. The Labute approximate surface area is 150 Å². The van der Waals surface area contributed by atoms with E-state index in [0.29, 0.717) is 12.3 Å². The van der Waals surface area contributed by atoms with Crippen LogP contribution in [0.5, 0.6) is 0 Å². The van der Waals surface area contributed by atoms with Gasteiger partial charge in [-0.3, -0.25) is 4.79 Å². The van der Waals surface area contributed by atoms with Crippen molar-refractivity contribution in [2.45, 2.75) is 38.5 Å². The largest absolute Gasteiger partial charge is 0.337 e. The number of thioether (sulfide) groups is 1. The van der Waals surface area contributed by atoms with E-state index < -0.39 is 0 Å². The predicted molar refractivity (Wildman–Crippen MR) is 98.4 cm³/mol. The van der Waals surface area contributed by atoms with E-state index in [1.54, 1.807) is 18.3 Å². The van der Waals surface area contributed by atoms with Gasteiger partial charge in [-0.05, 0) is 38.5 Å². The average molecular weight is 358 g/mol. The van der Waals surface area contributed by atoms with Crippen LogP contribution >= 0.6 is 11.8 Å². The fraction of sp³-hybridized carbons (Fsp3) is 0.412. The number of carbonyl (C=O) groups excluding carboxylic acids is 1. The maximum absolute atomic E-state index is 12.4. The number of carbonyl (C=O) groups is 1. The molecule has 1 aromatic carbocycles. The van der Waals surface area contributed by atoms with Crippen LogP contribution in [0, 0.1) is 6.92 Å². The Hall–Kier alpha value is -2.35. The molecule has 7 nitrogen and oxygen atoms in total. The van der Waals surface area contributed by atoms with Crippen molar-refractivity contribution < 1.29 is 4.79 Å². The fourth-order valence-electron chi connectivity index (χ4n) is 2.52. The summed E-state index contributed by atoms with van der Waals surface area (Å²) in [5, 5.41) is 8.80. The van der Waals surface area contributed by atoms with E-state index in [0.717, 1.165) is 22.0 Å². The summed E-state index contributed by atoms with van der Waals surface area (Å²) < 4.78 is 1.97. The van der Waals surface area contributed by atoms with Gasteiger partial charge in [0.2, 0.25) is 5.91 Å². The number of H-pyrrole nitrogens is 1. The van der Waals surface area contributed by atoms with E-state index in [-0.39, 0.29) is 11.9 Å². The molecule has 25 heavy (non-hydrogen) atoms. The van der Waals surface area contributed by atoms with Gasteiger partial charge in [-0.15, -0.1) is 10.2 Å². The van der Waals surface area contributed by atoms with Gasteiger partial charge in [-0.25, -0.2) is 4.98 Å². The van der Waals surface area contributed by atoms with Gasteiger partial charge >= 0.3 is 0 Å². The Balaban J connectivity index is 1.60. The number of aryl methyl sites for hydroxylation is 1. The first-order valence-corrected chi connectivity index (χ1v) is 9.14. The number of rotatable bonds is 6. The van der Waals surface area contributed by atoms with Crippen molar-refractivity contribution in [3.8, 4) is 0 Å². The van der Waals surface area contributed by atoms with Gasteiger partial charge in [-0.1, -0.05) is 17.8 Å². The molecule has 1 N–H and O–H groups in total. The summed E-state index contributed by atoms with van der Waals surface area (Å²) in [6.45, 7) is 6.61. The molecule has 0 radical (unpaired) electrons. The molecule has 132 valence electrons. The van der Waals surface area contributed by atoms with Crippen LogP contribution in [0.1, 0.15) is 31.3 Å². The predicted octanol–water partition coefficient (Wildman–Crippen LogP) is 2.79. The Bertz CT molecular complexity index is 884. The highest BCUT2D eigenvalue weighted by Crippen LogP contribution is 2.20. The molecule has 0 aliphatic rings. The minimum atomic E-state index is 0.0277. The Kier molecular flexibility index (Phi) is 5.08. The molecule has 0 fully saturated rings. The number of hydrogen-bond donors (Lipinski definition) is 1. The molecular weight excluding hydrogens is 336 g/mol. The number of benzene rings is 1. The lowest BCUT2D eigenvalue weighted by molar-refractivity contribution is -0.127. The molecule has 2 heterocycles. The van der Waals surface area contributed by atoms with Gasteiger partial charge in [0.05, 0.1) is 23.3 Å². The summed E-state index contributed by atoms with van der Waals surface area (Å²) in [5.74, 6) is 1.14. The van der Waals surface area contributed by atoms with Crippen LogP contribution in [-0.2, 0) is 11.3 Å². The van der Waals surface area contributed by atoms with Crippen LogP contribution < -0.4 is 0 Å². The molecular formula is C17H22N6OS. The molecule has 3 aromatic rings. The summed E-state index contributed by atoms with van der Waals surface area (Å²) in [7, 11) is 1.78. The molecule has 2 aromatic heterocycles. The second kappa shape index (κ2) is 7.26. The van der Waals surface area contributed by atoms with Crippen molar-refractivity contribution in [3.05, 3.63) is 35.9 Å². The van der Waals surface area contributed by atoms with Gasteiger partial charge < -0.3 is 14.5 Å². The van der Waals surface area contributed by atoms with Crippen molar-refractivity contribution >= 4 is 28.7 Å². The molecule has 0 saturated heterocycles. The molecule has 3 rings (SSSR count). The third-order valence-electron chi connectivity index (χ3n) is 3.96. The number of aromatic amines is 1. The Morgan fingerprint density at radius 2 is 2.20 bits per heavy atom. The molecule has 0 aliphatic carbocycles. The molecule has 0 spiro atoms. The highest BCUT2D eigenvalue weighted by atomic mass is 32.2. The van der Waals surface area contributed by atoms with Crippen LogP contribution in [0.15, 0.2) is 29.7 Å². The quantitative estimate of drug-likeness (QED) is 0.686. The maximum Gasteiger partial charge on any atom is 0.233 e. The van der Waals surface area contributed by atoms with Crippen molar-refractivity contribution in [2.24, 2.45) is 0 Å². The highest BCUT2D eigenvalue weighted by Gasteiger charge is 2.15. The van der Waals surface area contributed by atoms with Gasteiger partial charge in [0.25, 0.3) is 0 Å². The number of aromatic nitrogens is 5. The van der Waals surface area contributed by atoms with Crippen LogP contribution in [0.3, 0.4) is 0 Å². The lowest BCUT2D eigenvalue weighted by atomic mass is 10.2. The summed E-state index contributed by atoms with van der Waals surface area (Å²) in [6, 6.07) is 6.33. The summed E-state index contributed by atoms with van der Waals surface area (Å²) >= 11 is 1.41. The van der Waals surface area contributed by atoms with Crippen molar-refractivity contribution in [3.63, 3.8) is 0 Å². The number of amides is 1. The summed E-state index contributed by atoms with van der Waals surface area (Å²) in [4.78, 5) is 21.8. The average Bonchev–Trinajstić information content (AvgIpc) is 3.18. The summed E-state index contributed by atoms with van der Waals surface area (Å²) in [6.07, 6.45) is 1.70. The number of imidazole rings is 1. The van der Waals surface area contributed by atoms with Crippen LogP contribution in [0.4, 0.5) is 0 Å². The lowest BCUT2D eigenvalue weighted by Crippen LogP contribution is -2.29. The number of nitrogens with zero attached hydrogens (tertiary/aromatic N) is 5. The highest BCUT2D eigenvalue weighted by molar-refractivity contribution is 7.99. The van der Waals surface area contributed by atoms with E-state index in [9.17, 15) is 4.79 Å². The first-order chi connectivity index (χ1) is 11.9. The lowest BCUT2D eigenvalue weighted by Gasteiger charge is -2.18. The zero-order chi connectivity index (χ0) is 18.0. The minimum Gasteiger partial charge on any atom is -0.337 e. The van der Waals surface area contributed by atoms with Gasteiger partial charge in [0.15, 0.2) is 11.0 Å². The molecule has 0 saturated carbocycles. The van der Waals surface area contributed by atoms with E-state index in [1.807, 2.05) is 23.6 Å². The first kappa shape index (κ1) is 17.5. The molecule has 0 bridgehead atoms. The maximum atomic E-state index is 12.4. The number of hydrogen-bond acceptors (Lipinski definition) is 5. The van der Waals surface area contributed by atoms with Crippen LogP contribution in [-0.4, -0.2) is 48.3 Å².